The summed E-state index contributed by atoms with van der Waals surface area (Å²) in [5.74, 6) is 0.683. The number of rotatable bonds is 6. The number of para-hydroxylation sites is 2. The van der Waals surface area contributed by atoms with Gasteiger partial charge in [-0.2, -0.15) is 0 Å². The number of nitrogens with zero attached hydrogens (tertiary/aromatic N) is 1. The number of furan rings is 2. The summed E-state index contributed by atoms with van der Waals surface area (Å²) in [6, 6.07) is 52.3. The van der Waals surface area contributed by atoms with Crippen molar-refractivity contribution >= 4 is 81.2 Å². The SMILES string of the molecule is NC(NC(=NCc1cccc2sc3ccccc3c12)c1cccc2c1oc1ccc(-c3cccc4oc5ccccc5c34)cc12)c1ccccc1. The highest BCUT2D eigenvalue weighted by Crippen LogP contribution is 2.40. The standard InChI is InChI=1S/C45H31N3O2S/c46-44(27-11-2-1-3-12-27)48-45(47-26-29-13-8-22-40-41(29)33-15-5-7-21-39(33)51-40)34-18-9-17-31-35-25-28(23-24-37(35)50-43(31)34)30-16-10-20-38-42(30)32-14-4-6-19-36(32)49-38/h1-25,44H,26,46H2,(H,47,48). The number of fused-ring (bicyclic) bond motifs is 9. The van der Waals surface area contributed by atoms with Gasteiger partial charge in [-0.05, 0) is 64.7 Å². The molecule has 51 heavy (non-hydrogen) atoms. The molecule has 6 heteroatoms. The van der Waals surface area contributed by atoms with E-state index in [9.17, 15) is 0 Å². The number of nitrogens with two attached hydrogens (primary N) is 1. The number of thiophene rings is 1. The topological polar surface area (TPSA) is 76.7 Å². The van der Waals surface area contributed by atoms with Crippen LogP contribution in [0.25, 0.3) is 75.2 Å². The van der Waals surface area contributed by atoms with Crippen LogP contribution in [-0.4, -0.2) is 5.84 Å². The number of hydrogen-bond donors (Lipinski definition) is 2. The summed E-state index contributed by atoms with van der Waals surface area (Å²) in [5, 5.41) is 10.4. The second-order valence-electron chi connectivity index (χ2n) is 12.9. The molecule has 3 N–H and O–H groups in total. The van der Waals surface area contributed by atoms with Crippen LogP contribution >= 0.6 is 11.3 Å². The molecule has 0 saturated carbocycles. The van der Waals surface area contributed by atoms with Crippen molar-refractivity contribution in [3.8, 4) is 11.1 Å². The summed E-state index contributed by atoms with van der Waals surface area (Å²) in [4.78, 5) is 5.27. The van der Waals surface area contributed by atoms with Crippen LogP contribution in [-0.2, 0) is 6.54 Å². The van der Waals surface area contributed by atoms with Crippen LogP contribution in [0.1, 0.15) is 22.9 Å². The minimum atomic E-state index is -0.473. The molecule has 1 unspecified atom stereocenters. The van der Waals surface area contributed by atoms with Crippen molar-refractivity contribution in [1.82, 2.24) is 5.32 Å². The molecule has 0 spiro atoms. The van der Waals surface area contributed by atoms with Crippen molar-refractivity contribution in [2.45, 2.75) is 12.7 Å². The minimum Gasteiger partial charge on any atom is -0.456 e. The highest BCUT2D eigenvalue weighted by molar-refractivity contribution is 7.25. The lowest BCUT2D eigenvalue weighted by molar-refractivity contribution is 0.661. The highest BCUT2D eigenvalue weighted by Gasteiger charge is 2.19. The molecule has 0 bridgehead atoms. The Hall–Kier alpha value is -6.21. The molecule has 0 aliphatic carbocycles. The molecule has 0 aliphatic rings. The first-order valence-corrected chi connectivity index (χ1v) is 17.9. The van der Waals surface area contributed by atoms with Gasteiger partial charge in [-0.1, -0.05) is 109 Å². The third-order valence-corrected chi connectivity index (χ3v) is 10.9. The van der Waals surface area contributed by atoms with Gasteiger partial charge in [0.25, 0.3) is 0 Å². The molecule has 0 aliphatic heterocycles. The average Bonchev–Trinajstić information content (AvgIpc) is 3.88. The van der Waals surface area contributed by atoms with Gasteiger partial charge in [0.1, 0.15) is 34.3 Å². The quantitative estimate of drug-likeness (QED) is 0.104. The van der Waals surface area contributed by atoms with Crippen LogP contribution in [0.2, 0.25) is 0 Å². The van der Waals surface area contributed by atoms with E-state index in [0.717, 1.165) is 66.1 Å². The molecule has 3 aromatic heterocycles. The molecule has 0 radical (unpaired) electrons. The molecular formula is C45H31N3O2S. The summed E-state index contributed by atoms with van der Waals surface area (Å²) < 4.78 is 15.4. The lowest BCUT2D eigenvalue weighted by Gasteiger charge is -2.18. The Morgan fingerprint density at radius 2 is 1.33 bits per heavy atom. The molecule has 244 valence electrons. The lowest BCUT2D eigenvalue weighted by atomic mass is 9.97. The molecule has 5 nitrogen and oxygen atoms in total. The zero-order valence-corrected chi connectivity index (χ0v) is 28.3. The van der Waals surface area contributed by atoms with E-state index >= 15 is 0 Å². The molecule has 3 heterocycles. The Morgan fingerprint density at radius 3 is 2.25 bits per heavy atom. The van der Waals surface area contributed by atoms with E-state index in [1.165, 1.54) is 25.7 Å². The van der Waals surface area contributed by atoms with Crippen LogP contribution in [0.3, 0.4) is 0 Å². The van der Waals surface area contributed by atoms with Gasteiger partial charge in [0, 0.05) is 41.7 Å². The monoisotopic (exact) mass is 677 g/mol. The Kier molecular flexibility index (Phi) is 6.98. The smallest absolute Gasteiger partial charge is 0.146 e. The van der Waals surface area contributed by atoms with E-state index in [2.05, 4.69) is 108 Å². The predicted octanol–water partition coefficient (Wildman–Crippen LogP) is 11.7. The molecule has 10 rings (SSSR count). The molecule has 10 aromatic rings. The second-order valence-corrected chi connectivity index (χ2v) is 13.9. The summed E-state index contributed by atoms with van der Waals surface area (Å²) in [7, 11) is 0. The van der Waals surface area contributed by atoms with E-state index in [4.69, 9.17) is 19.6 Å². The van der Waals surface area contributed by atoms with E-state index in [0.29, 0.717) is 12.4 Å². The summed E-state index contributed by atoms with van der Waals surface area (Å²) in [6.07, 6.45) is -0.473. The number of nitrogens with one attached hydrogen (secondary N) is 1. The van der Waals surface area contributed by atoms with Crippen LogP contribution in [0.15, 0.2) is 165 Å². The summed E-state index contributed by atoms with van der Waals surface area (Å²) in [6.45, 7) is 0.478. The van der Waals surface area contributed by atoms with Crippen molar-refractivity contribution in [3.05, 3.63) is 168 Å². The summed E-state index contributed by atoms with van der Waals surface area (Å²) >= 11 is 1.82. The first kappa shape index (κ1) is 29.7. The van der Waals surface area contributed by atoms with Crippen molar-refractivity contribution < 1.29 is 8.83 Å². The van der Waals surface area contributed by atoms with Crippen molar-refractivity contribution in [3.63, 3.8) is 0 Å². The third kappa shape index (κ3) is 4.99. The zero-order valence-electron chi connectivity index (χ0n) is 27.5. The fraction of sp³-hybridized carbons (Fsp3) is 0.0444. The summed E-state index contributed by atoms with van der Waals surface area (Å²) in [5.41, 5.74) is 15.4. The fourth-order valence-corrected chi connectivity index (χ4v) is 8.56. The van der Waals surface area contributed by atoms with Gasteiger partial charge in [-0.25, -0.2) is 0 Å². The van der Waals surface area contributed by atoms with Gasteiger partial charge in [0.2, 0.25) is 0 Å². The largest absolute Gasteiger partial charge is 0.456 e. The van der Waals surface area contributed by atoms with Gasteiger partial charge in [0.05, 0.1) is 12.1 Å². The normalized spacial score (nSPS) is 12.9. The molecule has 0 saturated heterocycles. The molecular weight excluding hydrogens is 647 g/mol. The maximum atomic E-state index is 6.80. The van der Waals surface area contributed by atoms with Crippen molar-refractivity contribution in [1.29, 1.82) is 0 Å². The van der Waals surface area contributed by atoms with E-state index in [-0.39, 0.29) is 0 Å². The van der Waals surface area contributed by atoms with Crippen LogP contribution in [0.4, 0.5) is 0 Å². The molecule has 7 aromatic carbocycles. The van der Waals surface area contributed by atoms with Crippen LogP contribution in [0.5, 0.6) is 0 Å². The second kappa shape index (κ2) is 12.0. The van der Waals surface area contributed by atoms with Gasteiger partial charge in [-0.15, -0.1) is 11.3 Å². The lowest BCUT2D eigenvalue weighted by Crippen LogP contribution is -2.35. The van der Waals surface area contributed by atoms with E-state index in [1.54, 1.807) is 0 Å². The highest BCUT2D eigenvalue weighted by atomic mass is 32.1. The number of amidine groups is 1. The zero-order chi connectivity index (χ0) is 33.9. The van der Waals surface area contributed by atoms with Gasteiger partial charge in [0.15, 0.2) is 0 Å². The van der Waals surface area contributed by atoms with E-state index in [1.807, 2.05) is 59.9 Å². The van der Waals surface area contributed by atoms with Gasteiger partial charge >= 0.3 is 0 Å². The van der Waals surface area contributed by atoms with Crippen molar-refractivity contribution in [2.24, 2.45) is 10.7 Å². The molecule has 0 amide bonds. The van der Waals surface area contributed by atoms with Gasteiger partial charge < -0.3 is 19.9 Å². The Bertz CT molecular complexity index is 2950. The number of hydrogen-bond acceptors (Lipinski definition) is 5. The number of aliphatic imine (C=N–C) groups is 1. The average molecular weight is 678 g/mol. The maximum Gasteiger partial charge on any atom is 0.146 e. The van der Waals surface area contributed by atoms with E-state index < -0.39 is 6.17 Å². The minimum absolute atomic E-state index is 0.473. The van der Waals surface area contributed by atoms with Crippen LogP contribution in [0, 0.1) is 0 Å². The fourth-order valence-electron chi connectivity index (χ4n) is 7.41. The predicted molar refractivity (Wildman–Crippen MR) is 213 cm³/mol. The first-order chi connectivity index (χ1) is 25.2. The molecule has 1 atom stereocenters. The first-order valence-electron chi connectivity index (χ1n) is 17.1. The number of benzene rings is 7. The van der Waals surface area contributed by atoms with Crippen molar-refractivity contribution in [2.75, 3.05) is 0 Å². The maximum absolute atomic E-state index is 6.80. The van der Waals surface area contributed by atoms with Gasteiger partial charge in [-0.3, -0.25) is 4.99 Å². The Balaban J connectivity index is 1.12. The third-order valence-electron chi connectivity index (χ3n) is 9.81. The molecule has 0 fully saturated rings. The Morgan fingerprint density at radius 1 is 0.608 bits per heavy atom. The Labute approximate surface area is 297 Å². The van der Waals surface area contributed by atoms with Crippen LogP contribution < -0.4 is 11.1 Å².